The van der Waals surface area contributed by atoms with Crippen molar-refractivity contribution in [3.63, 3.8) is 0 Å². The van der Waals surface area contributed by atoms with E-state index in [9.17, 15) is 13.2 Å². The molecule has 1 saturated heterocycles. The predicted molar refractivity (Wildman–Crippen MR) is 135 cm³/mol. The Bertz CT molecular complexity index is 1290. The lowest BCUT2D eigenvalue weighted by Gasteiger charge is -2.33. The van der Waals surface area contributed by atoms with Crippen LogP contribution in [0.2, 0.25) is 0 Å². The predicted octanol–water partition coefficient (Wildman–Crippen LogP) is 4.71. The van der Waals surface area contributed by atoms with Gasteiger partial charge in [-0.3, -0.25) is 4.79 Å². The Kier molecular flexibility index (Phi) is 7.12. The quantitative estimate of drug-likeness (QED) is 0.494. The minimum atomic E-state index is -3.55. The topological polar surface area (TPSA) is 66.9 Å². The maximum Gasteiger partial charge on any atom is 0.264 e. The Hall–Kier alpha value is -2.68. The fourth-order valence-electron chi connectivity index (χ4n) is 4.02. The number of benzene rings is 2. The van der Waals surface area contributed by atoms with Crippen LogP contribution >= 0.6 is 11.3 Å². The fourth-order valence-corrected chi connectivity index (χ4v) is 6.31. The lowest BCUT2D eigenvalue weighted by Crippen LogP contribution is -2.50. The smallest absolute Gasteiger partial charge is 0.264 e. The van der Waals surface area contributed by atoms with E-state index in [1.807, 2.05) is 38.3 Å². The van der Waals surface area contributed by atoms with Gasteiger partial charge in [0.2, 0.25) is 10.0 Å². The second-order valence-corrected chi connectivity index (χ2v) is 11.7. The Morgan fingerprint density at radius 2 is 1.62 bits per heavy atom. The third-order valence-corrected chi connectivity index (χ3v) is 9.09. The summed E-state index contributed by atoms with van der Waals surface area (Å²) in [5, 5.41) is 1.95. The molecule has 0 radical (unpaired) electrons. The van der Waals surface area contributed by atoms with Gasteiger partial charge in [0.1, 0.15) is 12.4 Å². The molecule has 2 aromatic carbocycles. The zero-order valence-corrected chi connectivity index (χ0v) is 21.6. The van der Waals surface area contributed by atoms with Crippen LogP contribution < -0.4 is 4.74 Å². The number of sulfonamides is 1. The van der Waals surface area contributed by atoms with Crippen LogP contribution in [0.1, 0.15) is 37.5 Å². The highest BCUT2D eigenvalue weighted by molar-refractivity contribution is 7.89. The summed E-state index contributed by atoms with van der Waals surface area (Å²) >= 11 is 1.40. The molecule has 1 amide bonds. The molecule has 1 aromatic heterocycles. The van der Waals surface area contributed by atoms with Gasteiger partial charge in [-0.1, -0.05) is 23.8 Å². The molecule has 4 rings (SSSR count). The molecule has 34 heavy (non-hydrogen) atoms. The summed E-state index contributed by atoms with van der Waals surface area (Å²) in [4.78, 5) is 15.7. The van der Waals surface area contributed by atoms with Gasteiger partial charge < -0.3 is 9.64 Å². The monoisotopic (exact) mass is 498 g/mol. The van der Waals surface area contributed by atoms with Crippen molar-refractivity contribution in [1.82, 2.24) is 9.21 Å². The molecule has 6 nitrogen and oxygen atoms in total. The van der Waals surface area contributed by atoms with E-state index >= 15 is 0 Å². The summed E-state index contributed by atoms with van der Waals surface area (Å²) in [5.74, 6) is 0.800. The van der Waals surface area contributed by atoms with Crippen LogP contribution in [-0.4, -0.2) is 49.7 Å². The van der Waals surface area contributed by atoms with Gasteiger partial charge in [-0.2, -0.15) is 4.31 Å². The minimum absolute atomic E-state index is 0.0637. The van der Waals surface area contributed by atoms with E-state index in [1.54, 1.807) is 29.2 Å². The van der Waals surface area contributed by atoms with Gasteiger partial charge in [0.25, 0.3) is 5.91 Å². The first-order valence-corrected chi connectivity index (χ1v) is 13.6. The first-order chi connectivity index (χ1) is 16.1. The number of amides is 1. The summed E-state index contributed by atoms with van der Waals surface area (Å²) in [6.07, 6.45) is 0. The number of nitrogens with zero attached hydrogens (tertiary/aromatic N) is 2. The minimum Gasteiger partial charge on any atom is -0.489 e. The number of rotatable bonds is 6. The van der Waals surface area contributed by atoms with Crippen LogP contribution in [0.5, 0.6) is 5.75 Å². The van der Waals surface area contributed by atoms with Crippen molar-refractivity contribution in [3.8, 4) is 5.75 Å². The van der Waals surface area contributed by atoms with Gasteiger partial charge in [0.05, 0.1) is 9.77 Å². The molecule has 0 atom stereocenters. The number of ether oxygens (including phenoxy) is 1. The van der Waals surface area contributed by atoms with Gasteiger partial charge in [-0.15, -0.1) is 11.3 Å². The first-order valence-electron chi connectivity index (χ1n) is 11.3. The van der Waals surface area contributed by atoms with Gasteiger partial charge in [-0.25, -0.2) is 8.42 Å². The van der Waals surface area contributed by atoms with Crippen molar-refractivity contribution in [3.05, 3.63) is 80.5 Å². The highest BCUT2D eigenvalue weighted by Gasteiger charge is 2.30. The molecule has 0 unspecified atom stereocenters. The van der Waals surface area contributed by atoms with E-state index in [-0.39, 0.29) is 19.0 Å². The van der Waals surface area contributed by atoms with Crippen LogP contribution in [0.4, 0.5) is 0 Å². The average molecular weight is 499 g/mol. The highest BCUT2D eigenvalue weighted by atomic mass is 32.2. The average Bonchev–Trinajstić information content (AvgIpc) is 3.29. The molecule has 0 saturated carbocycles. The van der Waals surface area contributed by atoms with Crippen LogP contribution in [0.3, 0.4) is 0 Å². The SMILES string of the molecule is Cc1ccc(S(=O)(=O)N2CCN(C(=O)c3cc(COc4cc(C)cc(C)c4C)cs3)CC2)cc1. The molecule has 8 heteroatoms. The molecule has 0 aliphatic carbocycles. The van der Waals surface area contributed by atoms with Crippen molar-refractivity contribution in [2.45, 2.75) is 39.2 Å². The second kappa shape index (κ2) is 9.90. The summed E-state index contributed by atoms with van der Waals surface area (Å²) in [6.45, 7) is 9.80. The van der Waals surface area contributed by atoms with Crippen molar-refractivity contribution in [2.75, 3.05) is 26.2 Å². The van der Waals surface area contributed by atoms with E-state index < -0.39 is 10.0 Å². The molecule has 0 bridgehead atoms. The fraction of sp³-hybridized carbons (Fsp3) is 0.346. The molecule has 1 aliphatic heterocycles. The maximum absolute atomic E-state index is 13.0. The molecule has 180 valence electrons. The standard InChI is InChI=1S/C26H30N2O4S2/c1-18-5-7-23(8-6-18)34(30,31)28-11-9-27(10-12-28)26(29)25-15-22(17-33-25)16-32-24-14-19(2)13-20(3)21(24)4/h5-8,13-15,17H,9-12,16H2,1-4H3. The zero-order chi connectivity index (χ0) is 24.5. The summed E-state index contributed by atoms with van der Waals surface area (Å²) in [5.41, 5.74) is 5.44. The lowest BCUT2D eigenvalue weighted by atomic mass is 10.1. The number of aryl methyl sites for hydroxylation is 3. The molecule has 1 fully saturated rings. The van der Waals surface area contributed by atoms with Crippen LogP contribution in [0.15, 0.2) is 52.7 Å². The van der Waals surface area contributed by atoms with E-state index in [0.717, 1.165) is 28.0 Å². The van der Waals surface area contributed by atoms with E-state index in [4.69, 9.17) is 4.74 Å². The zero-order valence-electron chi connectivity index (χ0n) is 20.0. The summed E-state index contributed by atoms with van der Waals surface area (Å²) in [7, 11) is -3.55. The van der Waals surface area contributed by atoms with Crippen molar-refractivity contribution < 1.29 is 17.9 Å². The maximum atomic E-state index is 13.0. The van der Waals surface area contributed by atoms with Gasteiger partial charge in [-0.05, 0) is 74.0 Å². The molecule has 0 N–H and O–H groups in total. The molecular weight excluding hydrogens is 468 g/mol. The van der Waals surface area contributed by atoms with Crippen LogP contribution in [0.25, 0.3) is 0 Å². The Morgan fingerprint density at radius 3 is 2.29 bits per heavy atom. The third-order valence-electron chi connectivity index (χ3n) is 6.21. The molecule has 2 heterocycles. The largest absolute Gasteiger partial charge is 0.489 e. The number of carbonyl (C=O) groups is 1. The number of hydrogen-bond donors (Lipinski definition) is 0. The Morgan fingerprint density at radius 1 is 0.941 bits per heavy atom. The lowest BCUT2D eigenvalue weighted by molar-refractivity contribution is 0.0702. The number of thiophene rings is 1. The van der Waals surface area contributed by atoms with E-state index in [1.165, 1.54) is 21.2 Å². The molecule has 0 spiro atoms. The van der Waals surface area contributed by atoms with E-state index in [2.05, 4.69) is 13.0 Å². The van der Waals surface area contributed by atoms with Crippen molar-refractivity contribution in [1.29, 1.82) is 0 Å². The number of piperazine rings is 1. The normalized spacial score (nSPS) is 14.9. The Labute approximate surface area is 205 Å². The van der Waals surface area contributed by atoms with Gasteiger partial charge in [0, 0.05) is 31.7 Å². The van der Waals surface area contributed by atoms with Crippen molar-refractivity contribution in [2.24, 2.45) is 0 Å². The van der Waals surface area contributed by atoms with Crippen LogP contribution in [-0.2, 0) is 16.6 Å². The van der Waals surface area contributed by atoms with Gasteiger partial charge in [0.15, 0.2) is 0 Å². The van der Waals surface area contributed by atoms with E-state index in [0.29, 0.717) is 29.5 Å². The summed E-state index contributed by atoms with van der Waals surface area (Å²) < 4.78 is 33.3. The van der Waals surface area contributed by atoms with Gasteiger partial charge >= 0.3 is 0 Å². The highest BCUT2D eigenvalue weighted by Crippen LogP contribution is 2.26. The number of hydrogen-bond acceptors (Lipinski definition) is 5. The number of carbonyl (C=O) groups excluding carboxylic acids is 1. The third kappa shape index (κ3) is 5.19. The molecular formula is C26H30N2O4S2. The summed E-state index contributed by atoms with van der Waals surface area (Å²) in [6, 6.07) is 12.9. The Balaban J connectivity index is 1.35. The molecule has 3 aromatic rings. The first kappa shape index (κ1) is 24.4. The second-order valence-electron chi connectivity index (χ2n) is 8.82. The van der Waals surface area contributed by atoms with Crippen molar-refractivity contribution >= 4 is 27.3 Å². The molecule has 1 aliphatic rings. The van der Waals surface area contributed by atoms with Crippen LogP contribution in [0, 0.1) is 27.7 Å².